The highest BCUT2D eigenvalue weighted by Crippen LogP contribution is 2.32. The highest BCUT2D eigenvalue weighted by molar-refractivity contribution is 6.39. The second-order valence-electron chi connectivity index (χ2n) is 8.28. The lowest BCUT2D eigenvalue weighted by Crippen LogP contribution is -2.47. The van der Waals surface area contributed by atoms with E-state index >= 15 is 0 Å². The summed E-state index contributed by atoms with van der Waals surface area (Å²) < 4.78 is 1.24. The van der Waals surface area contributed by atoms with Gasteiger partial charge in [0, 0.05) is 11.1 Å². The van der Waals surface area contributed by atoms with Gasteiger partial charge < -0.3 is 10.8 Å². The van der Waals surface area contributed by atoms with E-state index < -0.39 is 29.1 Å². The predicted octanol–water partition coefficient (Wildman–Crippen LogP) is 4.63. The number of benzene rings is 2. The maximum Gasteiger partial charge on any atom is 0.408 e. The third-order valence-corrected chi connectivity index (χ3v) is 5.65. The molecule has 1 heterocycles. The molecule has 0 saturated carbocycles. The third-order valence-electron chi connectivity index (χ3n) is 5.03. The Morgan fingerprint density at radius 3 is 2.34 bits per heavy atom. The molecular formula is C22H22Cl2N4O4. The molecule has 0 aliphatic carbocycles. The molecule has 0 saturated heterocycles. The summed E-state index contributed by atoms with van der Waals surface area (Å²) in [5, 5.41) is 10.3. The zero-order chi connectivity index (χ0) is 24.0. The summed E-state index contributed by atoms with van der Waals surface area (Å²) in [4.78, 5) is 43.3. The summed E-state index contributed by atoms with van der Waals surface area (Å²) in [6.07, 6.45) is -1.19. The van der Waals surface area contributed by atoms with Crippen LogP contribution in [0.4, 0.5) is 4.79 Å². The van der Waals surface area contributed by atoms with Crippen molar-refractivity contribution in [3.8, 4) is 5.69 Å². The van der Waals surface area contributed by atoms with Gasteiger partial charge >= 0.3 is 6.09 Å². The van der Waals surface area contributed by atoms with E-state index in [1.165, 1.54) is 33.7 Å². The van der Waals surface area contributed by atoms with E-state index in [9.17, 15) is 19.5 Å². The minimum absolute atomic E-state index is 0.0808. The summed E-state index contributed by atoms with van der Waals surface area (Å²) in [5.74, 6) is -0.559. The molecule has 0 radical (unpaired) electrons. The molecule has 10 heteroatoms. The Kier molecular flexibility index (Phi) is 6.22. The topological polar surface area (TPSA) is 119 Å². The SMILES string of the molecule is CC(c1nc2c(Cl)ccc(Cl)c2c(=O)n1-c1cccc(C(N)=O)c1)N(C(=O)O)C(C)(C)C. The normalized spacial score (nSPS) is 12.6. The maximum atomic E-state index is 13.6. The van der Waals surface area contributed by atoms with Gasteiger partial charge in [-0.15, -0.1) is 0 Å². The molecule has 1 unspecified atom stereocenters. The molecule has 1 atom stereocenters. The van der Waals surface area contributed by atoms with Crippen molar-refractivity contribution >= 4 is 46.1 Å². The molecule has 3 rings (SSSR count). The Bertz CT molecular complexity index is 1300. The summed E-state index contributed by atoms with van der Waals surface area (Å²) in [7, 11) is 0. The zero-order valence-corrected chi connectivity index (χ0v) is 19.4. The number of hydrogen-bond donors (Lipinski definition) is 2. The molecule has 2 aromatic carbocycles. The molecule has 0 aliphatic heterocycles. The van der Waals surface area contributed by atoms with Crippen LogP contribution in [0, 0.1) is 0 Å². The van der Waals surface area contributed by atoms with Crippen LogP contribution in [-0.4, -0.2) is 37.1 Å². The monoisotopic (exact) mass is 476 g/mol. The van der Waals surface area contributed by atoms with Crippen molar-refractivity contribution in [2.75, 3.05) is 0 Å². The molecule has 1 aromatic heterocycles. The number of carbonyl (C=O) groups excluding carboxylic acids is 1. The first-order chi connectivity index (χ1) is 14.8. The highest BCUT2D eigenvalue weighted by Gasteiger charge is 2.35. The average molecular weight is 477 g/mol. The van der Waals surface area contributed by atoms with Crippen molar-refractivity contribution in [3.63, 3.8) is 0 Å². The van der Waals surface area contributed by atoms with E-state index in [1.54, 1.807) is 39.8 Å². The summed E-state index contributed by atoms with van der Waals surface area (Å²) >= 11 is 12.6. The van der Waals surface area contributed by atoms with Crippen molar-refractivity contribution in [1.82, 2.24) is 14.5 Å². The fourth-order valence-electron chi connectivity index (χ4n) is 3.71. The Morgan fingerprint density at radius 1 is 1.16 bits per heavy atom. The quantitative estimate of drug-likeness (QED) is 0.568. The second-order valence-corrected chi connectivity index (χ2v) is 9.09. The molecule has 2 amide bonds. The fourth-order valence-corrected chi connectivity index (χ4v) is 4.14. The lowest BCUT2D eigenvalue weighted by Gasteiger charge is -2.38. The minimum atomic E-state index is -1.19. The van der Waals surface area contributed by atoms with Crippen LogP contribution in [-0.2, 0) is 0 Å². The van der Waals surface area contributed by atoms with Crippen molar-refractivity contribution in [2.45, 2.75) is 39.3 Å². The smallest absolute Gasteiger partial charge is 0.408 e. The molecule has 168 valence electrons. The Hall–Kier alpha value is -3.10. The summed E-state index contributed by atoms with van der Waals surface area (Å²) in [6, 6.07) is 8.25. The number of carboxylic acid groups (broad SMARTS) is 1. The first-order valence-electron chi connectivity index (χ1n) is 9.67. The molecule has 0 spiro atoms. The van der Waals surface area contributed by atoms with Crippen LogP contribution in [0.2, 0.25) is 10.0 Å². The van der Waals surface area contributed by atoms with E-state index in [2.05, 4.69) is 4.98 Å². The van der Waals surface area contributed by atoms with Crippen molar-refractivity contribution < 1.29 is 14.7 Å². The van der Waals surface area contributed by atoms with Gasteiger partial charge in [0.15, 0.2) is 0 Å². The van der Waals surface area contributed by atoms with Crippen LogP contribution in [0.5, 0.6) is 0 Å². The second kappa shape index (κ2) is 8.44. The largest absolute Gasteiger partial charge is 0.465 e. The molecule has 32 heavy (non-hydrogen) atoms. The molecule has 3 aromatic rings. The molecule has 3 N–H and O–H groups in total. The van der Waals surface area contributed by atoms with Gasteiger partial charge in [-0.1, -0.05) is 29.3 Å². The molecule has 0 fully saturated rings. The van der Waals surface area contributed by atoms with E-state index in [0.29, 0.717) is 0 Å². The highest BCUT2D eigenvalue weighted by atomic mass is 35.5. The van der Waals surface area contributed by atoms with Gasteiger partial charge in [0.25, 0.3) is 5.56 Å². The summed E-state index contributed by atoms with van der Waals surface area (Å²) in [5.41, 5.74) is 4.68. The predicted molar refractivity (Wildman–Crippen MR) is 124 cm³/mol. The molecule has 0 aliphatic rings. The average Bonchev–Trinajstić information content (AvgIpc) is 2.68. The van der Waals surface area contributed by atoms with Gasteiger partial charge in [0.05, 0.1) is 32.7 Å². The van der Waals surface area contributed by atoms with Gasteiger partial charge in [-0.05, 0) is 58.0 Å². The number of hydrogen-bond acceptors (Lipinski definition) is 4. The zero-order valence-electron chi connectivity index (χ0n) is 17.9. The maximum absolute atomic E-state index is 13.6. The van der Waals surface area contributed by atoms with Gasteiger partial charge in [0.2, 0.25) is 5.91 Å². The number of amides is 2. The van der Waals surface area contributed by atoms with Crippen LogP contribution in [0.1, 0.15) is 49.9 Å². The Labute approximate surface area is 194 Å². The van der Waals surface area contributed by atoms with Crippen LogP contribution in [0.15, 0.2) is 41.2 Å². The molecular weight excluding hydrogens is 455 g/mol. The number of aromatic nitrogens is 2. The van der Waals surface area contributed by atoms with Crippen molar-refractivity contribution in [1.29, 1.82) is 0 Å². The van der Waals surface area contributed by atoms with Gasteiger partial charge in [-0.3, -0.25) is 19.1 Å². The first-order valence-corrected chi connectivity index (χ1v) is 10.4. The number of nitrogens with two attached hydrogens (primary N) is 1. The number of nitrogens with zero attached hydrogens (tertiary/aromatic N) is 3. The molecule has 8 nitrogen and oxygen atoms in total. The molecule has 0 bridgehead atoms. The lowest BCUT2D eigenvalue weighted by atomic mass is 10.0. The standard InChI is InChI=1S/C22H22Cl2N4O4/c1-11(28(21(31)32)22(2,3)4)19-26-17-15(24)9-8-14(23)16(17)20(30)27(19)13-7-5-6-12(10-13)18(25)29/h5-11H,1-4H3,(H2,25,29)(H,31,32). The number of carbonyl (C=O) groups is 2. The van der Waals surface area contributed by atoms with Crippen LogP contribution >= 0.6 is 23.2 Å². The minimum Gasteiger partial charge on any atom is -0.465 e. The lowest BCUT2D eigenvalue weighted by molar-refractivity contribution is 0.0719. The van der Waals surface area contributed by atoms with Crippen LogP contribution in [0.3, 0.4) is 0 Å². The van der Waals surface area contributed by atoms with Gasteiger partial charge in [-0.2, -0.15) is 0 Å². The van der Waals surface area contributed by atoms with Gasteiger partial charge in [-0.25, -0.2) is 9.78 Å². The van der Waals surface area contributed by atoms with Crippen LogP contribution in [0.25, 0.3) is 16.6 Å². The van der Waals surface area contributed by atoms with E-state index in [4.69, 9.17) is 28.9 Å². The number of halogens is 2. The number of rotatable bonds is 4. The Morgan fingerprint density at radius 2 is 1.78 bits per heavy atom. The van der Waals surface area contributed by atoms with Crippen molar-refractivity contribution in [2.24, 2.45) is 5.73 Å². The van der Waals surface area contributed by atoms with Crippen LogP contribution < -0.4 is 11.3 Å². The third kappa shape index (κ3) is 4.16. The van der Waals surface area contributed by atoms with E-state index in [0.717, 1.165) is 0 Å². The summed E-state index contributed by atoms with van der Waals surface area (Å²) in [6.45, 7) is 6.83. The van der Waals surface area contributed by atoms with Crippen molar-refractivity contribution in [3.05, 3.63) is 68.2 Å². The van der Waals surface area contributed by atoms with E-state index in [1.807, 2.05) is 0 Å². The van der Waals surface area contributed by atoms with Gasteiger partial charge in [0.1, 0.15) is 5.82 Å². The number of primary amides is 1. The van der Waals surface area contributed by atoms with E-state index in [-0.39, 0.29) is 38.0 Å². The number of fused-ring (bicyclic) bond motifs is 1. The first kappa shape index (κ1) is 23.6. The Balaban J connectivity index is 2.46. The fraction of sp³-hybridized carbons (Fsp3) is 0.273.